The minimum absolute atomic E-state index is 0.125. The van der Waals surface area contributed by atoms with E-state index in [1.165, 1.54) is 12.7 Å². The zero-order valence-corrected chi connectivity index (χ0v) is 15.3. The predicted molar refractivity (Wildman–Crippen MR) is 96.2 cm³/mol. The molecule has 4 unspecified atom stereocenters. The molecule has 2 fully saturated rings. The first kappa shape index (κ1) is 18.2. The van der Waals surface area contributed by atoms with Crippen LogP contribution in [0.1, 0.15) is 37.8 Å². The Balaban J connectivity index is 1.65. The molecule has 1 aromatic rings. The fourth-order valence-electron chi connectivity index (χ4n) is 4.01. The molecule has 2 aliphatic heterocycles. The van der Waals surface area contributed by atoms with Crippen LogP contribution in [0.2, 0.25) is 0 Å². The molecule has 0 radical (unpaired) electrons. The maximum absolute atomic E-state index is 11.4. The van der Waals surface area contributed by atoms with Crippen molar-refractivity contribution in [2.45, 2.75) is 44.3 Å². The number of rotatable bonds is 6. The van der Waals surface area contributed by atoms with Gasteiger partial charge in [-0.15, -0.1) is 0 Å². The normalized spacial score (nSPS) is 27.6. The number of nitrogens with one attached hydrogen (secondary N) is 2. The van der Waals surface area contributed by atoms with E-state index in [-0.39, 0.29) is 12.0 Å². The van der Waals surface area contributed by atoms with Gasteiger partial charge in [0.1, 0.15) is 5.75 Å². The minimum atomic E-state index is -0.125. The molecule has 2 aliphatic rings. The summed E-state index contributed by atoms with van der Waals surface area (Å²) in [5.41, 5.74) is 8.20. The molecular formula is C19H29N3O3. The molecule has 0 spiro atoms. The van der Waals surface area contributed by atoms with Crippen molar-refractivity contribution in [3.05, 3.63) is 29.8 Å². The molecular weight excluding hydrogens is 318 g/mol. The highest BCUT2D eigenvalue weighted by Gasteiger charge is 2.41. The zero-order chi connectivity index (χ0) is 17.8. The van der Waals surface area contributed by atoms with E-state index in [2.05, 4.69) is 34.8 Å². The second-order valence-corrected chi connectivity index (χ2v) is 7.06. The Bertz CT molecular complexity index is 595. The summed E-state index contributed by atoms with van der Waals surface area (Å²) in [6.45, 7) is 4.29. The van der Waals surface area contributed by atoms with Gasteiger partial charge < -0.3 is 14.4 Å². The highest BCUT2D eigenvalue weighted by Crippen LogP contribution is 2.35. The van der Waals surface area contributed by atoms with Gasteiger partial charge in [0.25, 0.3) is 0 Å². The Labute approximate surface area is 149 Å². The van der Waals surface area contributed by atoms with E-state index in [0.717, 1.165) is 31.7 Å². The van der Waals surface area contributed by atoms with Gasteiger partial charge in [-0.2, -0.15) is 0 Å². The molecule has 6 nitrogen and oxygen atoms in total. The van der Waals surface area contributed by atoms with Crippen LogP contribution in [-0.4, -0.2) is 50.3 Å². The van der Waals surface area contributed by atoms with Crippen molar-refractivity contribution in [1.82, 2.24) is 15.8 Å². The standard InChI is InChI=1S/C19H29N3O3/c1-13(7-8-18(23)25-3)22-10-9-17-16(12-22)19(21-20-17)14-5-4-6-15(11-14)24-2/h4-6,11,13,16-17,19-21H,7-10,12H2,1-3H3. The summed E-state index contributed by atoms with van der Waals surface area (Å²) in [6.07, 6.45) is 2.44. The number of hydrazine groups is 1. The molecule has 1 aromatic carbocycles. The first-order valence-electron chi connectivity index (χ1n) is 9.08. The number of fused-ring (bicyclic) bond motifs is 1. The minimum Gasteiger partial charge on any atom is -0.497 e. The van der Waals surface area contributed by atoms with Crippen molar-refractivity contribution in [1.29, 1.82) is 0 Å². The smallest absolute Gasteiger partial charge is 0.305 e. The molecule has 0 saturated carbocycles. The van der Waals surface area contributed by atoms with Crippen LogP contribution in [0.3, 0.4) is 0 Å². The summed E-state index contributed by atoms with van der Waals surface area (Å²) in [5, 5.41) is 0. The highest BCUT2D eigenvalue weighted by atomic mass is 16.5. The van der Waals surface area contributed by atoms with Crippen LogP contribution >= 0.6 is 0 Å². The lowest BCUT2D eigenvalue weighted by atomic mass is 9.84. The maximum Gasteiger partial charge on any atom is 0.305 e. The van der Waals surface area contributed by atoms with Crippen LogP contribution in [0, 0.1) is 5.92 Å². The summed E-state index contributed by atoms with van der Waals surface area (Å²) < 4.78 is 10.1. The van der Waals surface area contributed by atoms with Gasteiger partial charge in [0.15, 0.2) is 0 Å². The third-order valence-corrected chi connectivity index (χ3v) is 5.61. The van der Waals surface area contributed by atoms with E-state index in [1.807, 2.05) is 12.1 Å². The zero-order valence-electron chi connectivity index (χ0n) is 15.3. The Morgan fingerprint density at radius 3 is 2.96 bits per heavy atom. The van der Waals surface area contributed by atoms with Crippen LogP contribution in [0.15, 0.2) is 24.3 Å². The molecule has 6 heteroatoms. The van der Waals surface area contributed by atoms with Gasteiger partial charge in [0.05, 0.1) is 20.3 Å². The second kappa shape index (κ2) is 8.17. The van der Waals surface area contributed by atoms with E-state index in [9.17, 15) is 4.79 Å². The van der Waals surface area contributed by atoms with Crippen molar-refractivity contribution in [3.63, 3.8) is 0 Å². The molecule has 0 aliphatic carbocycles. The number of nitrogens with zero attached hydrogens (tertiary/aromatic N) is 1. The Morgan fingerprint density at radius 1 is 1.36 bits per heavy atom. The van der Waals surface area contributed by atoms with Crippen molar-refractivity contribution in [2.75, 3.05) is 27.3 Å². The molecule has 0 bridgehead atoms. The number of carbonyl (C=O) groups is 1. The van der Waals surface area contributed by atoms with Crippen LogP contribution < -0.4 is 15.6 Å². The number of esters is 1. The lowest BCUT2D eigenvalue weighted by Gasteiger charge is -2.39. The maximum atomic E-state index is 11.4. The number of carbonyl (C=O) groups excluding carboxylic acids is 1. The van der Waals surface area contributed by atoms with Gasteiger partial charge in [0, 0.05) is 31.0 Å². The SMILES string of the molecule is COC(=O)CCC(C)N1CCC2NNC(c3cccc(OC)c3)C2C1. The lowest BCUT2D eigenvalue weighted by Crippen LogP contribution is -2.48. The number of hydrogen-bond acceptors (Lipinski definition) is 6. The predicted octanol–water partition coefficient (Wildman–Crippen LogP) is 1.88. The summed E-state index contributed by atoms with van der Waals surface area (Å²) in [5.74, 6) is 1.27. The number of piperidine rings is 1. The first-order valence-corrected chi connectivity index (χ1v) is 9.08. The fourth-order valence-corrected chi connectivity index (χ4v) is 4.01. The molecule has 0 amide bonds. The number of ether oxygens (including phenoxy) is 2. The second-order valence-electron chi connectivity index (χ2n) is 7.06. The lowest BCUT2D eigenvalue weighted by molar-refractivity contribution is -0.141. The van der Waals surface area contributed by atoms with Gasteiger partial charge >= 0.3 is 5.97 Å². The van der Waals surface area contributed by atoms with Gasteiger partial charge in [-0.05, 0) is 44.0 Å². The van der Waals surface area contributed by atoms with Crippen LogP contribution in [-0.2, 0) is 9.53 Å². The van der Waals surface area contributed by atoms with Crippen molar-refractivity contribution in [2.24, 2.45) is 5.92 Å². The van der Waals surface area contributed by atoms with Crippen molar-refractivity contribution >= 4 is 5.97 Å². The largest absolute Gasteiger partial charge is 0.497 e. The van der Waals surface area contributed by atoms with E-state index in [4.69, 9.17) is 9.47 Å². The van der Waals surface area contributed by atoms with E-state index in [1.54, 1.807) is 7.11 Å². The van der Waals surface area contributed by atoms with Crippen LogP contribution in [0.5, 0.6) is 5.75 Å². The average Bonchev–Trinajstić information content (AvgIpc) is 3.08. The first-order chi connectivity index (χ1) is 12.1. The van der Waals surface area contributed by atoms with Gasteiger partial charge in [0.2, 0.25) is 0 Å². The van der Waals surface area contributed by atoms with Crippen molar-refractivity contribution in [3.8, 4) is 5.75 Å². The Morgan fingerprint density at radius 2 is 2.20 bits per heavy atom. The summed E-state index contributed by atoms with van der Waals surface area (Å²) >= 11 is 0. The fraction of sp³-hybridized carbons (Fsp3) is 0.632. The third-order valence-electron chi connectivity index (χ3n) is 5.61. The van der Waals surface area contributed by atoms with E-state index < -0.39 is 0 Å². The average molecular weight is 347 g/mol. The highest BCUT2D eigenvalue weighted by molar-refractivity contribution is 5.69. The summed E-state index contributed by atoms with van der Waals surface area (Å²) in [7, 11) is 3.15. The van der Waals surface area contributed by atoms with Gasteiger partial charge in [-0.1, -0.05) is 12.1 Å². The molecule has 2 N–H and O–H groups in total. The number of benzene rings is 1. The quantitative estimate of drug-likeness (QED) is 0.766. The third kappa shape index (κ3) is 4.14. The molecule has 138 valence electrons. The molecule has 2 saturated heterocycles. The number of methoxy groups -OCH3 is 2. The van der Waals surface area contributed by atoms with Crippen molar-refractivity contribution < 1.29 is 14.3 Å². The monoisotopic (exact) mass is 347 g/mol. The van der Waals surface area contributed by atoms with E-state index >= 15 is 0 Å². The Hall–Kier alpha value is -1.63. The molecule has 2 heterocycles. The molecule has 3 rings (SSSR count). The van der Waals surface area contributed by atoms with Gasteiger partial charge in [-0.25, -0.2) is 5.43 Å². The van der Waals surface area contributed by atoms with Gasteiger partial charge in [-0.3, -0.25) is 10.2 Å². The molecule has 25 heavy (non-hydrogen) atoms. The topological polar surface area (TPSA) is 62.8 Å². The number of likely N-dealkylation sites (tertiary alicyclic amines) is 1. The summed E-state index contributed by atoms with van der Waals surface area (Å²) in [6, 6.07) is 9.43. The molecule has 4 atom stereocenters. The van der Waals surface area contributed by atoms with Crippen LogP contribution in [0.25, 0.3) is 0 Å². The summed E-state index contributed by atoms with van der Waals surface area (Å²) in [4.78, 5) is 13.9. The number of hydrogen-bond donors (Lipinski definition) is 2. The van der Waals surface area contributed by atoms with E-state index in [0.29, 0.717) is 24.4 Å². The van der Waals surface area contributed by atoms with Crippen LogP contribution in [0.4, 0.5) is 0 Å². The molecule has 0 aromatic heterocycles. The Kier molecular flexibility index (Phi) is 5.93.